The molecule has 1 heterocycles. The lowest BCUT2D eigenvalue weighted by Crippen LogP contribution is -2.56. The minimum atomic E-state index is -0.642. The van der Waals surface area contributed by atoms with Crippen molar-refractivity contribution >= 4 is 11.6 Å². The van der Waals surface area contributed by atoms with Gasteiger partial charge in [-0.15, -0.1) is 0 Å². The maximum absolute atomic E-state index is 13.4. The van der Waals surface area contributed by atoms with Crippen LogP contribution in [0.25, 0.3) is 0 Å². The van der Waals surface area contributed by atoms with Crippen LogP contribution in [0.4, 0.5) is 5.69 Å². The van der Waals surface area contributed by atoms with Crippen molar-refractivity contribution in [1.82, 2.24) is 4.90 Å². The van der Waals surface area contributed by atoms with E-state index >= 15 is 0 Å². The summed E-state index contributed by atoms with van der Waals surface area (Å²) in [6, 6.07) is 19.0. The highest BCUT2D eigenvalue weighted by molar-refractivity contribution is 5.77. The van der Waals surface area contributed by atoms with Crippen LogP contribution in [0.15, 0.2) is 54.6 Å². The minimum Gasteiger partial charge on any atom is -0.389 e. The van der Waals surface area contributed by atoms with Gasteiger partial charge in [-0.3, -0.25) is 4.79 Å². The van der Waals surface area contributed by atoms with Crippen molar-refractivity contribution in [3.63, 3.8) is 0 Å². The molecule has 3 atom stereocenters. The number of fused-ring (bicyclic) bond motifs is 1. The second kappa shape index (κ2) is 10.1. The molecule has 4 nitrogen and oxygen atoms in total. The topological polar surface area (TPSA) is 43.8 Å². The average molecular weight is 435 g/mol. The molecule has 4 rings (SSSR count). The fourth-order valence-corrected chi connectivity index (χ4v) is 5.88. The lowest BCUT2D eigenvalue weighted by atomic mass is 9.66. The van der Waals surface area contributed by atoms with Crippen LogP contribution >= 0.6 is 0 Å². The lowest BCUT2D eigenvalue weighted by molar-refractivity contribution is -0.155. The van der Waals surface area contributed by atoms with Crippen LogP contribution in [0.1, 0.15) is 69.5 Å². The molecule has 2 aromatic carbocycles. The molecule has 1 aliphatic heterocycles. The van der Waals surface area contributed by atoms with E-state index < -0.39 is 5.60 Å². The summed E-state index contributed by atoms with van der Waals surface area (Å²) in [7, 11) is 0. The Balaban J connectivity index is 1.59. The molecule has 1 saturated heterocycles. The summed E-state index contributed by atoms with van der Waals surface area (Å²) in [5.41, 5.74) is 2.94. The van der Waals surface area contributed by atoms with E-state index in [1.165, 1.54) is 16.8 Å². The average Bonchev–Trinajstić information content (AvgIpc) is 2.83. The quantitative estimate of drug-likeness (QED) is 0.638. The Bertz CT molecular complexity index is 878. The third-order valence-corrected chi connectivity index (χ3v) is 7.72. The van der Waals surface area contributed by atoms with Gasteiger partial charge in [-0.25, -0.2) is 0 Å². The van der Waals surface area contributed by atoms with Crippen molar-refractivity contribution in [1.29, 1.82) is 0 Å². The zero-order valence-corrected chi connectivity index (χ0v) is 19.7. The molecule has 0 aromatic heterocycles. The Morgan fingerprint density at radius 3 is 2.44 bits per heavy atom. The highest BCUT2D eigenvalue weighted by atomic mass is 16.3. The fourth-order valence-electron chi connectivity index (χ4n) is 5.88. The number of nitrogens with zero attached hydrogens (tertiary/aromatic N) is 2. The van der Waals surface area contributed by atoms with Gasteiger partial charge in [-0.2, -0.15) is 0 Å². The molecule has 2 fully saturated rings. The number of carbonyl (C=O) groups is 1. The second-order valence-corrected chi connectivity index (χ2v) is 9.49. The van der Waals surface area contributed by atoms with Crippen LogP contribution in [0.3, 0.4) is 0 Å². The van der Waals surface area contributed by atoms with Gasteiger partial charge in [-0.1, -0.05) is 55.3 Å². The third kappa shape index (κ3) is 4.71. The SMILES string of the molecule is CCN(CC)c1ccc([C@H]2[C@H]3CCCC[C@@]3(O)CCN2C(=O)CCc2ccccc2)cc1. The van der Waals surface area contributed by atoms with Gasteiger partial charge in [0, 0.05) is 37.7 Å². The number of likely N-dealkylation sites (tertiary alicyclic amines) is 1. The Kier molecular flexibility index (Phi) is 7.20. The molecule has 0 bridgehead atoms. The summed E-state index contributed by atoms with van der Waals surface area (Å²) in [6.07, 6.45) is 6.04. The van der Waals surface area contributed by atoms with Crippen molar-refractivity contribution in [2.24, 2.45) is 5.92 Å². The van der Waals surface area contributed by atoms with Crippen molar-refractivity contribution in [2.75, 3.05) is 24.5 Å². The lowest BCUT2D eigenvalue weighted by Gasteiger charge is -2.52. The normalized spacial score (nSPS) is 25.3. The predicted octanol–water partition coefficient (Wildman–Crippen LogP) is 5.36. The summed E-state index contributed by atoms with van der Waals surface area (Å²) in [5.74, 6) is 0.323. The highest BCUT2D eigenvalue weighted by Crippen LogP contribution is 2.49. The molecule has 172 valence electrons. The summed E-state index contributed by atoms with van der Waals surface area (Å²) >= 11 is 0. The van der Waals surface area contributed by atoms with Crippen LogP contribution in [0.2, 0.25) is 0 Å². The van der Waals surface area contributed by atoms with Gasteiger partial charge < -0.3 is 14.9 Å². The largest absolute Gasteiger partial charge is 0.389 e. The molecule has 1 aliphatic carbocycles. The van der Waals surface area contributed by atoms with Gasteiger partial charge >= 0.3 is 0 Å². The minimum absolute atomic E-state index is 0.0388. The standard InChI is InChI=1S/C28H38N2O2/c1-3-29(4-2)24-16-14-23(15-17-24)27-25-12-8-9-19-28(25,32)20-21-30(27)26(31)18-13-22-10-6-5-7-11-22/h5-7,10-11,14-17,25,27,32H,3-4,8-9,12-13,18-21H2,1-2H3/t25-,27+,28-/m1/s1. The first-order chi connectivity index (χ1) is 15.6. The Hall–Kier alpha value is -2.33. The molecule has 32 heavy (non-hydrogen) atoms. The van der Waals surface area contributed by atoms with E-state index in [1.807, 2.05) is 18.2 Å². The third-order valence-electron chi connectivity index (χ3n) is 7.72. The number of carbonyl (C=O) groups excluding carboxylic acids is 1. The molecule has 2 aliphatic rings. The van der Waals surface area contributed by atoms with Crippen LogP contribution in [-0.2, 0) is 11.2 Å². The van der Waals surface area contributed by atoms with E-state index in [1.54, 1.807) is 0 Å². The van der Waals surface area contributed by atoms with E-state index in [0.29, 0.717) is 19.4 Å². The van der Waals surface area contributed by atoms with Crippen molar-refractivity contribution < 1.29 is 9.90 Å². The zero-order valence-electron chi connectivity index (χ0n) is 19.7. The first-order valence-electron chi connectivity index (χ1n) is 12.5. The number of rotatable bonds is 7. The maximum Gasteiger partial charge on any atom is 0.223 e. The highest BCUT2D eigenvalue weighted by Gasteiger charge is 2.49. The molecule has 0 radical (unpaired) electrons. The zero-order chi connectivity index (χ0) is 22.6. The van der Waals surface area contributed by atoms with Gasteiger partial charge in [-0.05, 0) is 62.8 Å². The Morgan fingerprint density at radius 2 is 1.75 bits per heavy atom. The van der Waals surface area contributed by atoms with Crippen LogP contribution in [-0.4, -0.2) is 41.1 Å². The Labute approximate surface area is 193 Å². The van der Waals surface area contributed by atoms with Crippen molar-refractivity contribution in [3.8, 4) is 0 Å². The number of hydrogen-bond acceptors (Lipinski definition) is 3. The van der Waals surface area contributed by atoms with E-state index in [-0.39, 0.29) is 17.9 Å². The van der Waals surface area contributed by atoms with Crippen molar-refractivity contribution in [3.05, 3.63) is 65.7 Å². The first kappa shape index (κ1) is 22.8. The van der Waals surface area contributed by atoms with Gasteiger partial charge in [0.1, 0.15) is 0 Å². The van der Waals surface area contributed by atoms with Crippen LogP contribution in [0.5, 0.6) is 0 Å². The fraction of sp³-hybridized carbons (Fsp3) is 0.536. The number of hydrogen-bond donors (Lipinski definition) is 1. The molecule has 1 N–H and O–H groups in total. The number of amides is 1. The molecule has 0 unspecified atom stereocenters. The molecular weight excluding hydrogens is 396 g/mol. The second-order valence-electron chi connectivity index (χ2n) is 9.49. The number of aryl methyl sites for hydroxylation is 1. The smallest absolute Gasteiger partial charge is 0.223 e. The summed E-state index contributed by atoms with van der Waals surface area (Å²) in [6.45, 7) is 6.95. The molecule has 1 amide bonds. The molecule has 4 heteroatoms. The summed E-state index contributed by atoms with van der Waals surface area (Å²) < 4.78 is 0. The number of aliphatic hydroxyl groups is 1. The molecule has 1 saturated carbocycles. The Morgan fingerprint density at radius 1 is 1.03 bits per heavy atom. The monoisotopic (exact) mass is 434 g/mol. The molecular formula is C28H38N2O2. The number of benzene rings is 2. The summed E-state index contributed by atoms with van der Waals surface area (Å²) in [4.78, 5) is 17.9. The summed E-state index contributed by atoms with van der Waals surface area (Å²) in [5, 5.41) is 11.5. The predicted molar refractivity (Wildman–Crippen MR) is 131 cm³/mol. The molecule has 2 aromatic rings. The van der Waals surface area contributed by atoms with E-state index in [4.69, 9.17) is 0 Å². The van der Waals surface area contributed by atoms with Crippen LogP contribution in [0, 0.1) is 5.92 Å². The first-order valence-corrected chi connectivity index (χ1v) is 12.5. The van der Waals surface area contributed by atoms with Gasteiger partial charge in [0.15, 0.2) is 0 Å². The number of piperidine rings is 1. The van der Waals surface area contributed by atoms with Crippen molar-refractivity contribution in [2.45, 2.75) is 70.4 Å². The maximum atomic E-state index is 13.4. The van der Waals surface area contributed by atoms with Crippen LogP contribution < -0.4 is 4.90 Å². The van der Waals surface area contributed by atoms with E-state index in [9.17, 15) is 9.90 Å². The van der Waals surface area contributed by atoms with Gasteiger partial charge in [0.25, 0.3) is 0 Å². The van der Waals surface area contributed by atoms with Gasteiger partial charge in [0.05, 0.1) is 11.6 Å². The van der Waals surface area contributed by atoms with E-state index in [2.05, 4.69) is 60.0 Å². The van der Waals surface area contributed by atoms with E-state index in [0.717, 1.165) is 45.2 Å². The molecule has 0 spiro atoms. The van der Waals surface area contributed by atoms with Gasteiger partial charge in [0.2, 0.25) is 5.91 Å². The number of anilines is 1.